The third-order valence-corrected chi connectivity index (χ3v) is 9.50. The van der Waals surface area contributed by atoms with E-state index in [1.807, 2.05) is 19.1 Å². The highest BCUT2D eigenvalue weighted by Crippen LogP contribution is 2.35. The highest BCUT2D eigenvalue weighted by atomic mass is 35.5. The van der Waals surface area contributed by atoms with Crippen LogP contribution < -0.4 is 0 Å². The quantitative estimate of drug-likeness (QED) is 0.675. The maximum Gasteiger partial charge on any atom is 0.282 e. The van der Waals surface area contributed by atoms with Crippen LogP contribution in [0, 0.1) is 6.92 Å². The SMILES string of the molecule is Cc1nc(-c2ccc(Cl)s2)sc1C(=O)N1CCN(S(=O)(=O)N2CCOCC2)CC1. The van der Waals surface area contributed by atoms with Crippen LogP contribution in [-0.2, 0) is 14.9 Å². The lowest BCUT2D eigenvalue weighted by Gasteiger charge is -2.37. The van der Waals surface area contributed by atoms with Gasteiger partial charge in [-0.05, 0) is 19.1 Å². The van der Waals surface area contributed by atoms with Crippen molar-refractivity contribution in [2.75, 3.05) is 52.5 Å². The van der Waals surface area contributed by atoms with Gasteiger partial charge in [0.05, 0.1) is 28.1 Å². The molecule has 0 bridgehead atoms. The molecule has 2 fully saturated rings. The van der Waals surface area contributed by atoms with Crippen LogP contribution in [0.2, 0.25) is 4.34 Å². The van der Waals surface area contributed by atoms with Gasteiger partial charge in [0.2, 0.25) is 0 Å². The first-order valence-electron chi connectivity index (χ1n) is 9.21. The minimum absolute atomic E-state index is 0.0997. The van der Waals surface area contributed by atoms with E-state index in [2.05, 4.69) is 4.98 Å². The van der Waals surface area contributed by atoms with E-state index in [0.29, 0.717) is 54.3 Å². The van der Waals surface area contributed by atoms with Gasteiger partial charge in [-0.25, -0.2) is 4.98 Å². The first-order chi connectivity index (χ1) is 13.9. The van der Waals surface area contributed by atoms with Crippen LogP contribution in [0.1, 0.15) is 15.4 Å². The second-order valence-corrected chi connectivity index (χ2v) is 11.4. The summed E-state index contributed by atoms with van der Waals surface area (Å²) in [7, 11) is -3.51. The molecule has 1 amide bonds. The Labute approximate surface area is 182 Å². The topological polar surface area (TPSA) is 83.1 Å². The number of thiazole rings is 1. The van der Waals surface area contributed by atoms with E-state index in [0.717, 1.165) is 9.88 Å². The molecule has 0 aliphatic carbocycles. The zero-order chi connectivity index (χ0) is 20.6. The average Bonchev–Trinajstić information content (AvgIpc) is 3.34. The van der Waals surface area contributed by atoms with E-state index in [4.69, 9.17) is 16.3 Å². The molecule has 29 heavy (non-hydrogen) atoms. The van der Waals surface area contributed by atoms with Crippen molar-refractivity contribution in [3.63, 3.8) is 0 Å². The molecule has 8 nitrogen and oxygen atoms in total. The first-order valence-corrected chi connectivity index (χ1v) is 12.6. The number of ether oxygens (including phenoxy) is 1. The predicted octanol–water partition coefficient (Wildman–Crippen LogP) is 2.17. The van der Waals surface area contributed by atoms with Crippen molar-refractivity contribution >= 4 is 50.4 Å². The number of carbonyl (C=O) groups is 1. The number of hydrogen-bond donors (Lipinski definition) is 0. The number of piperazine rings is 1. The molecule has 0 unspecified atom stereocenters. The molecule has 4 rings (SSSR count). The Morgan fingerprint density at radius 1 is 1.07 bits per heavy atom. The zero-order valence-electron chi connectivity index (χ0n) is 15.8. The summed E-state index contributed by atoms with van der Waals surface area (Å²) in [4.78, 5) is 20.8. The standard InChI is InChI=1S/C17H21ClN4O4S3/c1-12-15(28-16(19-12)13-2-3-14(18)27-13)17(23)20-4-6-21(7-5-20)29(24,25)22-8-10-26-11-9-22/h2-3H,4-11H2,1H3. The molecular weight excluding hydrogens is 456 g/mol. The highest BCUT2D eigenvalue weighted by molar-refractivity contribution is 7.86. The first kappa shape index (κ1) is 21.2. The van der Waals surface area contributed by atoms with Crippen molar-refractivity contribution < 1.29 is 17.9 Å². The summed E-state index contributed by atoms with van der Waals surface area (Å²) in [5.41, 5.74) is 0.683. The highest BCUT2D eigenvalue weighted by Gasteiger charge is 2.35. The molecule has 0 N–H and O–H groups in total. The second-order valence-electron chi connectivity index (χ2n) is 6.75. The summed E-state index contributed by atoms with van der Waals surface area (Å²) < 4.78 is 34.4. The molecule has 2 aliphatic rings. The number of amides is 1. The number of morpholine rings is 1. The minimum atomic E-state index is -3.51. The van der Waals surface area contributed by atoms with E-state index in [-0.39, 0.29) is 19.0 Å². The summed E-state index contributed by atoms with van der Waals surface area (Å²) in [5, 5.41) is 0.774. The van der Waals surface area contributed by atoms with E-state index < -0.39 is 10.2 Å². The van der Waals surface area contributed by atoms with E-state index in [1.165, 1.54) is 31.3 Å². The summed E-state index contributed by atoms with van der Waals surface area (Å²) in [6.45, 7) is 4.70. The lowest BCUT2D eigenvalue weighted by molar-refractivity contribution is 0.0638. The number of halogens is 1. The maximum absolute atomic E-state index is 13.0. The lowest BCUT2D eigenvalue weighted by atomic mass is 10.3. The van der Waals surface area contributed by atoms with Crippen LogP contribution in [0.5, 0.6) is 0 Å². The molecule has 0 spiro atoms. The Morgan fingerprint density at radius 3 is 2.34 bits per heavy atom. The minimum Gasteiger partial charge on any atom is -0.379 e. The van der Waals surface area contributed by atoms with Crippen molar-refractivity contribution in [3.05, 3.63) is 27.0 Å². The van der Waals surface area contributed by atoms with Gasteiger partial charge in [0.1, 0.15) is 9.88 Å². The summed E-state index contributed by atoms with van der Waals surface area (Å²) >= 11 is 8.78. The summed E-state index contributed by atoms with van der Waals surface area (Å²) in [6.07, 6.45) is 0. The van der Waals surface area contributed by atoms with Gasteiger partial charge in [0.15, 0.2) is 0 Å². The predicted molar refractivity (Wildman–Crippen MR) is 114 cm³/mol. The molecule has 0 atom stereocenters. The fraction of sp³-hybridized carbons (Fsp3) is 0.529. The molecule has 2 aromatic heterocycles. The van der Waals surface area contributed by atoms with Crippen molar-refractivity contribution in [3.8, 4) is 9.88 Å². The zero-order valence-corrected chi connectivity index (χ0v) is 19.0. The Morgan fingerprint density at radius 2 is 1.72 bits per heavy atom. The normalized spacial score (nSPS) is 19.6. The van der Waals surface area contributed by atoms with Crippen LogP contribution in [0.15, 0.2) is 12.1 Å². The molecule has 0 saturated carbocycles. The Kier molecular flexibility index (Phi) is 6.26. The molecule has 4 heterocycles. The van der Waals surface area contributed by atoms with Crippen LogP contribution in [-0.4, -0.2) is 85.3 Å². The molecular formula is C17H21ClN4O4S3. The Bertz CT molecular complexity index is 992. The number of hydrogen-bond acceptors (Lipinski definition) is 7. The van der Waals surface area contributed by atoms with Crippen LogP contribution >= 0.6 is 34.3 Å². The van der Waals surface area contributed by atoms with Gasteiger partial charge in [-0.3, -0.25) is 4.79 Å². The molecule has 0 radical (unpaired) electrons. The smallest absolute Gasteiger partial charge is 0.282 e. The number of rotatable bonds is 4. The van der Waals surface area contributed by atoms with Crippen molar-refractivity contribution in [1.29, 1.82) is 0 Å². The second kappa shape index (κ2) is 8.58. The van der Waals surface area contributed by atoms with E-state index in [9.17, 15) is 13.2 Å². The molecule has 12 heteroatoms. The van der Waals surface area contributed by atoms with Gasteiger partial charge in [0, 0.05) is 39.3 Å². The number of aromatic nitrogens is 1. The molecule has 2 aromatic rings. The van der Waals surface area contributed by atoms with Crippen LogP contribution in [0.3, 0.4) is 0 Å². The maximum atomic E-state index is 13.0. The Hall–Kier alpha value is -1.08. The van der Waals surface area contributed by atoms with Crippen molar-refractivity contribution in [1.82, 2.24) is 18.5 Å². The van der Waals surface area contributed by atoms with Gasteiger partial charge >= 0.3 is 0 Å². The van der Waals surface area contributed by atoms with Gasteiger partial charge < -0.3 is 9.64 Å². The van der Waals surface area contributed by atoms with Gasteiger partial charge in [-0.15, -0.1) is 22.7 Å². The number of nitrogens with zero attached hydrogens (tertiary/aromatic N) is 4. The fourth-order valence-corrected chi connectivity index (χ4v) is 7.03. The molecule has 0 aromatic carbocycles. The van der Waals surface area contributed by atoms with E-state index in [1.54, 1.807) is 4.90 Å². The van der Waals surface area contributed by atoms with Gasteiger partial charge in [-0.2, -0.15) is 17.0 Å². The number of aryl methyl sites for hydroxylation is 1. The van der Waals surface area contributed by atoms with Gasteiger partial charge in [0.25, 0.3) is 16.1 Å². The third-order valence-electron chi connectivity index (χ3n) is 4.92. The molecule has 2 aliphatic heterocycles. The van der Waals surface area contributed by atoms with Crippen molar-refractivity contribution in [2.45, 2.75) is 6.92 Å². The monoisotopic (exact) mass is 476 g/mol. The number of carbonyl (C=O) groups excluding carboxylic acids is 1. The summed E-state index contributed by atoms with van der Waals surface area (Å²) in [5.74, 6) is -0.0997. The van der Waals surface area contributed by atoms with Gasteiger partial charge in [-0.1, -0.05) is 11.6 Å². The van der Waals surface area contributed by atoms with Crippen molar-refractivity contribution in [2.24, 2.45) is 0 Å². The largest absolute Gasteiger partial charge is 0.379 e. The lowest BCUT2D eigenvalue weighted by Crippen LogP contribution is -2.55. The van der Waals surface area contributed by atoms with Crippen LogP contribution in [0.25, 0.3) is 9.88 Å². The van der Waals surface area contributed by atoms with E-state index >= 15 is 0 Å². The fourth-order valence-electron chi connectivity index (χ4n) is 3.34. The average molecular weight is 477 g/mol. The third kappa shape index (κ3) is 4.36. The summed E-state index contributed by atoms with van der Waals surface area (Å²) in [6, 6.07) is 3.71. The number of thiophene rings is 1. The Balaban J connectivity index is 1.42. The molecule has 2 saturated heterocycles. The van der Waals surface area contributed by atoms with Crippen LogP contribution in [0.4, 0.5) is 0 Å². The molecule has 158 valence electrons.